The Morgan fingerprint density at radius 2 is 1.78 bits per heavy atom. The van der Waals surface area contributed by atoms with Crippen LogP contribution in [0.4, 0.5) is 5.69 Å². The molecule has 0 amide bonds. The Balaban J connectivity index is 1.62. The third-order valence-electron chi connectivity index (χ3n) is 4.51. The number of anilines is 1. The second-order valence-electron chi connectivity index (χ2n) is 6.36. The molecule has 3 rings (SSSR count). The van der Waals surface area contributed by atoms with E-state index in [9.17, 15) is 0 Å². The largest absolute Gasteiger partial charge is 0.489 e. The fraction of sp³-hybridized carbons (Fsp3) is 0.400. The summed E-state index contributed by atoms with van der Waals surface area (Å²) < 4.78 is 6.02. The van der Waals surface area contributed by atoms with Crippen LogP contribution < -0.4 is 15.8 Å². The van der Waals surface area contributed by atoms with Crippen molar-refractivity contribution in [3.05, 3.63) is 59.7 Å². The van der Waals surface area contributed by atoms with Crippen LogP contribution in [0.15, 0.2) is 48.5 Å². The summed E-state index contributed by atoms with van der Waals surface area (Å²) in [5.41, 5.74) is 9.07. The fourth-order valence-corrected chi connectivity index (χ4v) is 3.17. The highest BCUT2D eigenvalue weighted by Gasteiger charge is 2.13. The van der Waals surface area contributed by atoms with Gasteiger partial charge in [0.15, 0.2) is 0 Å². The second kappa shape index (κ2) is 8.02. The summed E-state index contributed by atoms with van der Waals surface area (Å²) in [5.74, 6) is 0.923. The minimum absolute atomic E-state index is 0.585. The number of nitrogens with two attached hydrogens (primary N) is 1. The summed E-state index contributed by atoms with van der Waals surface area (Å²) in [6.45, 7) is 1.40. The highest BCUT2D eigenvalue weighted by molar-refractivity contribution is 5.48. The van der Waals surface area contributed by atoms with Crippen molar-refractivity contribution in [2.24, 2.45) is 0 Å². The van der Waals surface area contributed by atoms with Crippen LogP contribution in [0.25, 0.3) is 0 Å². The molecular formula is C20H26N2O. The van der Waals surface area contributed by atoms with Gasteiger partial charge in [0.25, 0.3) is 0 Å². The second-order valence-corrected chi connectivity index (χ2v) is 6.36. The minimum Gasteiger partial charge on any atom is -0.489 e. The molecule has 1 aliphatic carbocycles. The van der Waals surface area contributed by atoms with Gasteiger partial charge < -0.3 is 15.8 Å². The first-order chi connectivity index (χ1) is 11.3. The average Bonchev–Trinajstić information content (AvgIpc) is 2.61. The van der Waals surface area contributed by atoms with Gasteiger partial charge >= 0.3 is 0 Å². The van der Waals surface area contributed by atoms with Crippen molar-refractivity contribution < 1.29 is 4.74 Å². The lowest BCUT2D eigenvalue weighted by atomic mass is 9.95. The average molecular weight is 310 g/mol. The van der Waals surface area contributed by atoms with Crippen molar-refractivity contribution >= 4 is 5.69 Å². The van der Waals surface area contributed by atoms with Crippen LogP contribution in [-0.4, -0.2) is 6.04 Å². The molecule has 0 atom stereocenters. The van der Waals surface area contributed by atoms with E-state index in [1.165, 1.54) is 37.7 Å². The quantitative estimate of drug-likeness (QED) is 0.783. The van der Waals surface area contributed by atoms with E-state index in [1.807, 2.05) is 36.4 Å². The van der Waals surface area contributed by atoms with Crippen LogP contribution in [0.2, 0.25) is 0 Å². The highest BCUT2D eigenvalue weighted by Crippen LogP contribution is 2.24. The predicted molar refractivity (Wildman–Crippen MR) is 95.3 cm³/mol. The molecule has 3 N–H and O–H groups in total. The Labute approximate surface area is 138 Å². The van der Waals surface area contributed by atoms with Gasteiger partial charge in [-0.15, -0.1) is 0 Å². The van der Waals surface area contributed by atoms with Crippen molar-refractivity contribution in [1.29, 1.82) is 0 Å². The summed E-state index contributed by atoms with van der Waals surface area (Å²) >= 11 is 0. The van der Waals surface area contributed by atoms with Gasteiger partial charge in [0.05, 0.1) is 0 Å². The van der Waals surface area contributed by atoms with Gasteiger partial charge in [-0.3, -0.25) is 0 Å². The molecule has 3 nitrogen and oxygen atoms in total. The zero-order chi connectivity index (χ0) is 15.9. The lowest BCUT2D eigenvalue weighted by Gasteiger charge is -2.23. The van der Waals surface area contributed by atoms with Crippen LogP contribution in [0.1, 0.15) is 43.2 Å². The van der Waals surface area contributed by atoms with E-state index in [-0.39, 0.29) is 0 Å². The summed E-state index contributed by atoms with van der Waals surface area (Å²) in [7, 11) is 0. The third kappa shape index (κ3) is 4.73. The lowest BCUT2D eigenvalue weighted by Crippen LogP contribution is -2.30. The minimum atomic E-state index is 0.585. The van der Waals surface area contributed by atoms with E-state index < -0.39 is 0 Å². The Morgan fingerprint density at radius 1 is 1.00 bits per heavy atom. The lowest BCUT2D eigenvalue weighted by molar-refractivity contribution is 0.300. The molecule has 1 aliphatic rings. The molecule has 0 aliphatic heterocycles. The molecule has 23 heavy (non-hydrogen) atoms. The zero-order valence-electron chi connectivity index (χ0n) is 13.6. The SMILES string of the molecule is Nc1ccc(OCc2ccccc2)c(CNC2CCCCC2)c1. The van der Waals surface area contributed by atoms with E-state index in [4.69, 9.17) is 10.5 Å². The van der Waals surface area contributed by atoms with E-state index in [0.717, 1.165) is 23.5 Å². The van der Waals surface area contributed by atoms with Crippen molar-refractivity contribution in [2.75, 3.05) is 5.73 Å². The molecule has 0 bridgehead atoms. The first-order valence-electron chi connectivity index (χ1n) is 8.60. The standard InChI is InChI=1S/C20H26N2O/c21-18-11-12-20(23-15-16-7-3-1-4-8-16)17(13-18)14-22-19-9-5-2-6-10-19/h1,3-4,7-8,11-13,19,22H,2,5-6,9-10,14-15,21H2. The molecule has 0 heterocycles. The van der Waals surface area contributed by atoms with Crippen molar-refractivity contribution in [3.63, 3.8) is 0 Å². The molecule has 0 saturated heterocycles. The molecule has 0 unspecified atom stereocenters. The van der Waals surface area contributed by atoms with E-state index in [2.05, 4.69) is 17.4 Å². The zero-order valence-corrected chi connectivity index (χ0v) is 13.6. The number of nitrogens with one attached hydrogen (secondary N) is 1. The summed E-state index contributed by atoms with van der Waals surface area (Å²) in [4.78, 5) is 0. The van der Waals surface area contributed by atoms with E-state index in [0.29, 0.717) is 12.6 Å². The van der Waals surface area contributed by atoms with Gasteiger partial charge in [0.2, 0.25) is 0 Å². The molecule has 1 saturated carbocycles. The van der Waals surface area contributed by atoms with Crippen molar-refractivity contribution in [2.45, 2.75) is 51.3 Å². The van der Waals surface area contributed by atoms with Crippen LogP contribution >= 0.6 is 0 Å². The van der Waals surface area contributed by atoms with Crippen LogP contribution in [-0.2, 0) is 13.2 Å². The van der Waals surface area contributed by atoms with Crippen LogP contribution in [0.5, 0.6) is 5.75 Å². The predicted octanol–water partition coefficient (Wildman–Crippen LogP) is 4.27. The molecular weight excluding hydrogens is 284 g/mol. The Kier molecular flexibility index (Phi) is 5.54. The Hall–Kier alpha value is -2.00. The van der Waals surface area contributed by atoms with Gasteiger partial charge in [0, 0.05) is 23.8 Å². The maximum Gasteiger partial charge on any atom is 0.124 e. The first kappa shape index (κ1) is 15.9. The van der Waals surface area contributed by atoms with Gasteiger partial charge in [-0.25, -0.2) is 0 Å². The Bertz CT molecular complexity index is 606. The van der Waals surface area contributed by atoms with Gasteiger partial charge in [0.1, 0.15) is 12.4 Å². The monoisotopic (exact) mass is 310 g/mol. The Morgan fingerprint density at radius 3 is 2.57 bits per heavy atom. The van der Waals surface area contributed by atoms with Gasteiger partial charge in [-0.05, 0) is 36.6 Å². The molecule has 122 valence electrons. The molecule has 2 aromatic carbocycles. The molecule has 0 spiro atoms. The topological polar surface area (TPSA) is 47.3 Å². The third-order valence-corrected chi connectivity index (χ3v) is 4.51. The molecule has 3 heteroatoms. The summed E-state index contributed by atoms with van der Waals surface area (Å²) in [5, 5.41) is 3.67. The number of ether oxygens (including phenoxy) is 1. The van der Waals surface area contributed by atoms with Crippen molar-refractivity contribution in [1.82, 2.24) is 5.32 Å². The number of nitrogen functional groups attached to an aromatic ring is 1. The molecule has 0 aromatic heterocycles. The van der Waals surface area contributed by atoms with E-state index in [1.54, 1.807) is 0 Å². The first-order valence-corrected chi connectivity index (χ1v) is 8.60. The number of rotatable bonds is 6. The van der Waals surface area contributed by atoms with Crippen molar-refractivity contribution in [3.8, 4) is 5.75 Å². The smallest absolute Gasteiger partial charge is 0.124 e. The van der Waals surface area contributed by atoms with Crippen LogP contribution in [0, 0.1) is 0 Å². The van der Waals surface area contributed by atoms with E-state index >= 15 is 0 Å². The normalized spacial score (nSPS) is 15.5. The fourth-order valence-electron chi connectivity index (χ4n) is 3.17. The number of benzene rings is 2. The number of hydrogen-bond acceptors (Lipinski definition) is 3. The maximum atomic E-state index is 6.02. The molecule has 0 radical (unpaired) electrons. The highest BCUT2D eigenvalue weighted by atomic mass is 16.5. The van der Waals surface area contributed by atoms with Crippen LogP contribution in [0.3, 0.4) is 0 Å². The molecule has 2 aromatic rings. The number of hydrogen-bond donors (Lipinski definition) is 2. The molecule has 1 fully saturated rings. The van der Waals surface area contributed by atoms with Gasteiger partial charge in [-0.1, -0.05) is 49.6 Å². The summed E-state index contributed by atoms with van der Waals surface area (Å²) in [6.07, 6.45) is 6.62. The van der Waals surface area contributed by atoms with Gasteiger partial charge in [-0.2, -0.15) is 0 Å². The maximum absolute atomic E-state index is 6.02. The summed E-state index contributed by atoms with van der Waals surface area (Å²) in [6, 6.07) is 16.8.